The van der Waals surface area contributed by atoms with Crippen molar-refractivity contribution in [3.8, 4) is 0 Å². The van der Waals surface area contributed by atoms with Crippen molar-refractivity contribution in [1.29, 1.82) is 0 Å². The molecular weight excluding hydrogens is 282 g/mol. The zero-order chi connectivity index (χ0) is 15.7. The average molecular weight is 309 g/mol. The predicted molar refractivity (Wildman–Crippen MR) is 95.4 cm³/mol. The van der Waals surface area contributed by atoms with Gasteiger partial charge in [0.05, 0.1) is 5.69 Å². The van der Waals surface area contributed by atoms with Gasteiger partial charge in [0, 0.05) is 18.8 Å². The van der Waals surface area contributed by atoms with Gasteiger partial charge in [0.15, 0.2) is 0 Å². The summed E-state index contributed by atoms with van der Waals surface area (Å²) in [6, 6.07) is 15.6. The zero-order valence-electron chi connectivity index (χ0n) is 13.8. The molecule has 1 aliphatic carbocycles. The normalized spacial score (nSPS) is 17.0. The number of hydrogen-bond acceptors (Lipinski definition) is 3. The van der Waals surface area contributed by atoms with E-state index in [-0.39, 0.29) is 0 Å². The third-order valence-electron chi connectivity index (χ3n) is 4.59. The fourth-order valence-electron chi connectivity index (χ4n) is 3.27. The van der Waals surface area contributed by atoms with Crippen molar-refractivity contribution in [3.63, 3.8) is 0 Å². The molecule has 0 spiro atoms. The Morgan fingerprint density at radius 2 is 1.78 bits per heavy atom. The minimum atomic E-state index is 0.659. The van der Waals surface area contributed by atoms with Crippen LogP contribution in [0.3, 0.4) is 0 Å². The summed E-state index contributed by atoms with van der Waals surface area (Å²) in [5.74, 6) is 0. The standard InChI is InChI=1S/C20H27N3/c1-2-8-18-15-19(11-10-17(18)7-1)22-14-6-5-12-21-16-20-9-3-4-13-23-20/h1-4,7-9,13,19,21-22H,5-6,10-12,14-16H2. The summed E-state index contributed by atoms with van der Waals surface area (Å²) in [6.45, 7) is 3.05. The highest BCUT2D eigenvalue weighted by molar-refractivity contribution is 5.30. The summed E-state index contributed by atoms with van der Waals surface area (Å²) in [5, 5.41) is 7.19. The van der Waals surface area contributed by atoms with E-state index in [1.165, 1.54) is 37.7 Å². The maximum absolute atomic E-state index is 4.32. The maximum Gasteiger partial charge on any atom is 0.0541 e. The number of aromatic nitrogens is 1. The van der Waals surface area contributed by atoms with Gasteiger partial charge in [0.1, 0.15) is 0 Å². The molecule has 1 aromatic carbocycles. The van der Waals surface area contributed by atoms with Gasteiger partial charge in [-0.05, 0) is 68.5 Å². The second-order valence-electron chi connectivity index (χ2n) is 6.37. The number of nitrogens with one attached hydrogen (secondary N) is 2. The van der Waals surface area contributed by atoms with E-state index in [2.05, 4.69) is 45.9 Å². The van der Waals surface area contributed by atoms with Crippen molar-refractivity contribution < 1.29 is 0 Å². The van der Waals surface area contributed by atoms with Crippen molar-refractivity contribution in [3.05, 3.63) is 65.5 Å². The Hall–Kier alpha value is -1.71. The molecule has 0 amide bonds. The van der Waals surface area contributed by atoms with Gasteiger partial charge in [0.2, 0.25) is 0 Å². The Bertz CT molecular complexity index is 582. The topological polar surface area (TPSA) is 37.0 Å². The smallest absolute Gasteiger partial charge is 0.0541 e. The molecule has 1 atom stereocenters. The molecule has 0 saturated heterocycles. The first-order valence-electron chi connectivity index (χ1n) is 8.82. The van der Waals surface area contributed by atoms with E-state index in [9.17, 15) is 0 Å². The first-order chi connectivity index (χ1) is 11.4. The average Bonchev–Trinajstić information content (AvgIpc) is 2.61. The quantitative estimate of drug-likeness (QED) is 0.736. The molecule has 0 radical (unpaired) electrons. The van der Waals surface area contributed by atoms with E-state index < -0.39 is 0 Å². The summed E-state index contributed by atoms with van der Waals surface area (Å²) < 4.78 is 0. The van der Waals surface area contributed by atoms with Crippen molar-refractivity contribution in [2.24, 2.45) is 0 Å². The predicted octanol–water partition coefficient (Wildman–Crippen LogP) is 3.10. The molecule has 0 bridgehead atoms. The molecule has 122 valence electrons. The van der Waals surface area contributed by atoms with Crippen LogP contribution in [0, 0.1) is 0 Å². The van der Waals surface area contributed by atoms with Crippen molar-refractivity contribution >= 4 is 0 Å². The number of pyridine rings is 1. The van der Waals surface area contributed by atoms with Crippen molar-refractivity contribution in [1.82, 2.24) is 15.6 Å². The molecule has 1 unspecified atom stereocenters. The Balaban J connectivity index is 1.25. The fraction of sp³-hybridized carbons (Fsp3) is 0.450. The third kappa shape index (κ3) is 5.15. The Labute approximate surface area is 139 Å². The molecule has 3 rings (SSSR count). The molecule has 0 saturated carbocycles. The lowest BCUT2D eigenvalue weighted by Gasteiger charge is -2.25. The van der Waals surface area contributed by atoms with Crippen LogP contribution < -0.4 is 10.6 Å². The minimum Gasteiger partial charge on any atom is -0.314 e. The van der Waals surface area contributed by atoms with E-state index in [1.54, 1.807) is 5.56 Å². The second kappa shape index (κ2) is 8.80. The summed E-state index contributed by atoms with van der Waals surface area (Å²) in [7, 11) is 0. The minimum absolute atomic E-state index is 0.659. The van der Waals surface area contributed by atoms with Gasteiger partial charge in [-0.2, -0.15) is 0 Å². The molecular formula is C20H27N3. The molecule has 23 heavy (non-hydrogen) atoms. The molecule has 2 aromatic rings. The lowest BCUT2D eigenvalue weighted by molar-refractivity contribution is 0.448. The van der Waals surface area contributed by atoms with Gasteiger partial charge in [0.25, 0.3) is 0 Å². The van der Waals surface area contributed by atoms with E-state index in [1.807, 2.05) is 18.3 Å². The van der Waals surface area contributed by atoms with E-state index in [0.717, 1.165) is 25.3 Å². The highest BCUT2D eigenvalue weighted by Gasteiger charge is 2.16. The van der Waals surface area contributed by atoms with E-state index in [0.29, 0.717) is 6.04 Å². The highest BCUT2D eigenvalue weighted by Crippen LogP contribution is 2.20. The van der Waals surface area contributed by atoms with Crippen LogP contribution in [-0.2, 0) is 19.4 Å². The summed E-state index contributed by atoms with van der Waals surface area (Å²) in [6.07, 6.45) is 7.97. The Morgan fingerprint density at radius 1 is 0.957 bits per heavy atom. The van der Waals surface area contributed by atoms with Crippen LogP contribution in [-0.4, -0.2) is 24.1 Å². The van der Waals surface area contributed by atoms with Crippen LogP contribution in [0.4, 0.5) is 0 Å². The number of hydrogen-bond donors (Lipinski definition) is 2. The fourth-order valence-corrected chi connectivity index (χ4v) is 3.27. The van der Waals surface area contributed by atoms with Crippen molar-refractivity contribution in [2.45, 2.75) is 44.7 Å². The highest BCUT2D eigenvalue weighted by atomic mass is 14.9. The Morgan fingerprint density at radius 3 is 2.65 bits per heavy atom. The molecule has 3 nitrogen and oxygen atoms in total. The van der Waals surface area contributed by atoms with Gasteiger partial charge >= 0.3 is 0 Å². The number of nitrogens with zero attached hydrogens (tertiary/aromatic N) is 1. The van der Waals surface area contributed by atoms with Crippen molar-refractivity contribution in [2.75, 3.05) is 13.1 Å². The molecule has 0 aliphatic heterocycles. The first-order valence-corrected chi connectivity index (χ1v) is 8.82. The summed E-state index contributed by atoms with van der Waals surface area (Å²) in [5.41, 5.74) is 4.20. The summed E-state index contributed by atoms with van der Waals surface area (Å²) in [4.78, 5) is 4.32. The van der Waals surface area contributed by atoms with Gasteiger partial charge in [-0.25, -0.2) is 0 Å². The van der Waals surface area contributed by atoms with Crippen LogP contribution in [0.5, 0.6) is 0 Å². The van der Waals surface area contributed by atoms with Crippen LogP contribution in [0.2, 0.25) is 0 Å². The number of fused-ring (bicyclic) bond motifs is 1. The molecule has 1 heterocycles. The van der Waals surface area contributed by atoms with Gasteiger partial charge in [-0.3, -0.25) is 4.98 Å². The monoisotopic (exact) mass is 309 g/mol. The van der Waals surface area contributed by atoms with Gasteiger partial charge < -0.3 is 10.6 Å². The molecule has 2 N–H and O–H groups in total. The lowest BCUT2D eigenvalue weighted by Crippen LogP contribution is -2.35. The summed E-state index contributed by atoms with van der Waals surface area (Å²) >= 11 is 0. The van der Waals surface area contributed by atoms with E-state index >= 15 is 0 Å². The lowest BCUT2D eigenvalue weighted by atomic mass is 9.88. The van der Waals surface area contributed by atoms with Crippen LogP contribution >= 0.6 is 0 Å². The number of unbranched alkanes of at least 4 members (excludes halogenated alkanes) is 1. The molecule has 1 aromatic heterocycles. The largest absolute Gasteiger partial charge is 0.314 e. The van der Waals surface area contributed by atoms with Crippen LogP contribution in [0.15, 0.2) is 48.7 Å². The first kappa shape index (κ1) is 16.2. The maximum atomic E-state index is 4.32. The second-order valence-corrected chi connectivity index (χ2v) is 6.37. The van der Waals surface area contributed by atoms with Gasteiger partial charge in [-0.15, -0.1) is 0 Å². The van der Waals surface area contributed by atoms with Crippen LogP contribution in [0.25, 0.3) is 0 Å². The van der Waals surface area contributed by atoms with Crippen LogP contribution in [0.1, 0.15) is 36.1 Å². The number of benzene rings is 1. The zero-order valence-corrected chi connectivity index (χ0v) is 13.8. The van der Waals surface area contributed by atoms with E-state index in [4.69, 9.17) is 0 Å². The third-order valence-corrected chi connectivity index (χ3v) is 4.59. The Kier molecular flexibility index (Phi) is 6.18. The SMILES string of the molecule is c1ccc(CNCCCCNC2CCc3ccccc3C2)nc1. The number of rotatable bonds is 8. The molecule has 3 heteroatoms. The van der Waals surface area contributed by atoms with Gasteiger partial charge in [-0.1, -0.05) is 30.3 Å². The molecule has 0 fully saturated rings. The molecule has 1 aliphatic rings. The number of aryl methyl sites for hydroxylation is 1.